The topological polar surface area (TPSA) is 105 Å². The van der Waals surface area contributed by atoms with Crippen LogP contribution in [0.15, 0.2) is 6.20 Å². The molecule has 98 valence electrons. The first-order valence-electron chi connectivity index (χ1n) is 6.03. The van der Waals surface area contributed by atoms with E-state index in [9.17, 15) is 0 Å². The second-order valence-corrected chi connectivity index (χ2v) is 4.77. The number of rotatable bonds is 5. The summed E-state index contributed by atoms with van der Waals surface area (Å²) in [6, 6.07) is 0. The molecule has 7 heteroatoms. The van der Waals surface area contributed by atoms with Crippen LogP contribution < -0.4 is 16.6 Å². The molecule has 0 fully saturated rings. The van der Waals surface area contributed by atoms with Crippen LogP contribution >= 0.6 is 0 Å². The Bertz CT molecular complexity index is 519. The Labute approximate surface area is 106 Å². The molecule has 0 aliphatic carbocycles. The molecule has 0 aromatic carbocycles. The van der Waals surface area contributed by atoms with Crippen LogP contribution in [-0.2, 0) is 0 Å². The van der Waals surface area contributed by atoms with Gasteiger partial charge in [0.15, 0.2) is 5.65 Å². The average Bonchev–Trinajstić information content (AvgIpc) is 2.83. The number of aromatic amines is 1. The number of fused-ring (bicyclic) bond motifs is 1. The summed E-state index contributed by atoms with van der Waals surface area (Å²) in [5.41, 5.74) is 3.11. The van der Waals surface area contributed by atoms with Gasteiger partial charge < -0.3 is 5.32 Å². The van der Waals surface area contributed by atoms with Crippen LogP contribution in [0.5, 0.6) is 0 Å². The zero-order valence-electron chi connectivity index (χ0n) is 10.9. The normalized spacial score (nSPS) is 12.9. The number of nitrogens with one attached hydrogen (secondary N) is 3. The van der Waals surface area contributed by atoms with Crippen LogP contribution in [0.3, 0.4) is 0 Å². The molecule has 1 atom stereocenters. The van der Waals surface area contributed by atoms with Crippen molar-refractivity contribution < 1.29 is 0 Å². The summed E-state index contributed by atoms with van der Waals surface area (Å²) in [6.45, 7) is 7.45. The zero-order valence-corrected chi connectivity index (χ0v) is 10.9. The van der Waals surface area contributed by atoms with Crippen LogP contribution in [0.2, 0.25) is 0 Å². The van der Waals surface area contributed by atoms with Crippen LogP contribution in [0, 0.1) is 11.8 Å². The van der Waals surface area contributed by atoms with Gasteiger partial charge in [0.2, 0.25) is 5.95 Å². The molecule has 5 N–H and O–H groups in total. The van der Waals surface area contributed by atoms with E-state index >= 15 is 0 Å². The lowest BCUT2D eigenvalue weighted by Gasteiger charge is -2.16. The minimum Gasteiger partial charge on any atom is -0.369 e. The van der Waals surface area contributed by atoms with Gasteiger partial charge in [-0.15, -0.1) is 0 Å². The molecule has 0 saturated heterocycles. The summed E-state index contributed by atoms with van der Waals surface area (Å²) in [4.78, 5) is 8.48. The Hall–Kier alpha value is -1.89. The number of hydrogen-bond acceptors (Lipinski definition) is 6. The quantitative estimate of drug-likeness (QED) is 0.471. The predicted molar refractivity (Wildman–Crippen MR) is 72.0 cm³/mol. The Morgan fingerprint density at radius 3 is 2.78 bits per heavy atom. The number of nitrogens with two attached hydrogens (primary N) is 1. The van der Waals surface area contributed by atoms with E-state index < -0.39 is 0 Å². The number of aromatic nitrogens is 4. The lowest BCUT2D eigenvalue weighted by molar-refractivity contribution is 0.439. The van der Waals surface area contributed by atoms with Gasteiger partial charge in [-0.05, 0) is 11.8 Å². The van der Waals surface area contributed by atoms with Crippen LogP contribution in [0.4, 0.5) is 11.8 Å². The molecular weight excluding hydrogens is 230 g/mol. The van der Waals surface area contributed by atoms with Crippen molar-refractivity contribution in [3.05, 3.63) is 6.20 Å². The molecule has 0 aliphatic heterocycles. The summed E-state index contributed by atoms with van der Waals surface area (Å²) >= 11 is 0. The number of nitrogens with zero attached hydrogens (tertiary/aromatic N) is 3. The first-order chi connectivity index (χ1) is 8.61. The molecule has 0 aliphatic rings. The minimum absolute atomic E-state index is 0.367. The summed E-state index contributed by atoms with van der Waals surface area (Å²) in [5, 5.41) is 11.0. The molecule has 18 heavy (non-hydrogen) atoms. The standard InChI is InChI=1S/C11H19N7/c1-6(2)7(3)4-13-9-8-5-14-18-10(8)16-11(15-9)17-12/h5-7H,4,12H2,1-3H3,(H3,13,14,15,16,17,18). The van der Waals surface area contributed by atoms with E-state index in [0.29, 0.717) is 23.4 Å². The van der Waals surface area contributed by atoms with Crippen molar-refractivity contribution in [1.82, 2.24) is 20.2 Å². The molecule has 2 aromatic heterocycles. The van der Waals surface area contributed by atoms with Crippen molar-refractivity contribution >= 4 is 22.8 Å². The molecule has 2 heterocycles. The van der Waals surface area contributed by atoms with Crippen molar-refractivity contribution in [2.24, 2.45) is 17.7 Å². The summed E-state index contributed by atoms with van der Waals surface area (Å²) in [6.07, 6.45) is 1.71. The van der Waals surface area contributed by atoms with Gasteiger partial charge >= 0.3 is 0 Å². The van der Waals surface area contributed by atoms with Gasteiger partial charge in [0.25, 0.3) is 0 Å². The third kappa shape index (κ3) is 2.51. The van der Waals surface area contributed by atoms with Gasteiger partial charge in [-0.1, -0.05) is 20.8 Å². The third-order valence-corrected chi connectivity index (χ3v) is 3.17. The SMILES string of the molecule is CC(C)C(C)CNc1nc(NN)nc2[nH]ncc12. The highest BCUT2D eigenvalue weighted by Crippen LogP contribution is 2.20. The second kappa shape index (κ2) is 5.18. The largest absolute Gasteiger partial charge is 0.369 e. The van der Waals surface area contributed by atoms with Crippen molar-refractivity contribution in [2.45, 2.75) is 20.8 Å². The third-order valence-electron chi connectivity index (χ3n) is 3.17. The molecule has 2 aromatic rings. The average molecular weight is 249 g/mol. The highest BCUT2D eigenvalue weighted by atomic mass is 15.3. The molecular formula is C11H19N7. The van der Waals surface area contributed by atoms with Gasteiger partial charge in [0, 0.05) is 6.54 Å². The van der Waals surface area contributed by atoms with E-state index in [1.165, 1.54) is 0 Å². The second-order valence-electron chi connectivity index (χ2n) is 4.77. The highest BCUT2D eigenvalue weighted by Gasteiger charge is 2.11. The van der Waals surface area contributed by atoms with E-state index in [-0.39, 0.29) is 0 Å². The fraction of sp³-hybridized carbons (Fsp3) is 0.545. The lowest BCUT2D eigenvalue weighted by atomic mass is 9.98. The maximum absolute atomic E-state index is 5.35. The van der Waals surface area contributed by atoms with Crippen LogP contribution in [-0.4, -0.2) is 26.7 Å². The van der Waals surface area contributed by atoms with E-state index in [4.69, 9.17) is 5.84 Å². The highest BCUT2D eigenvalue weighted by molar-refractivity contribution is 5.86. The molecule has 1 unspecified atom stereocenters. The fourth-order valence-electron chi connectivity index (χ4n) is 1.53. The van der Waals surface area contributed by atoms with Gasteiger partial charge in [-0.25, -0.2) is 5.84 Å². The van der Waals surface area contributed by atoms with Gasteiger partial charge in [-0.2, -0.15) is 15.1 Å². The Morgan fingerprint density at radius 1 is 1.33 bits per heavy atom. The number of hydrogen-bond donors (Lipinski definition) is 4. The number of H-pyrrole nitrogens is 1. The van der Waals surface area contributed by atoms with Gasteiger partial charge in [-0.3, -0.25) is 10.5 Å². The smallest absolute Gasteiger partial charge is 0.241 e. The molecule has 7 nitrogen and oxygen atoms in total. The van der Waals surface area contributed by atoms with Crippen molar-refractivity contribution in [2.75, 3.05) is 17.3 Å². The molecule has 0 saturated carbocycles. The van der Waals surface area contributed by atoms with Crippen LogP contribution in [0.25, 0.3) is 11.0 Å². The summed E-state index contributed by atoms with van der Waals surface area (Å²) < 4.78 is 0. The first kappa shape index (κ1) is 12.6. The maximum atomic E-state index is 5.35. The van der Waals surface area contributed by atoms with Crippen molar-refractivity contribution in [3.8, 4) is 0 Å². The molecule has 0 spiro atoms. The Balaban J connectivity index is 2.23. The van der Waals surface area contributed by atoms with E-state index in [1.54, 1.807) is 6.20 Å². The molecule has 0 radical (unpaired) electrons. The Kier molecular flexibility index (Phi) is 3.61. The van der Waals surface area contributed by atoms with E-state index in [0.717, 1.165) is 17.7 Å². The van der Waals surface area contributed by atoms with Gasteiger partial charge in [0.1, 0.15) is 5.82 Å². The monoisotopic (exact) mass is 249 g/mol. The molecule has 2 rings (SSSR count). The number of hydrazine groups is 1. The summed E-state index contributed by atoms with van der Waals surface area (Å²) in [7, 11) is 0. The number of nitrogen functional groups attached to an aromatic ring is 1. The molecule has 0 amide bonds. The van der Waals surface area contributed by atoms with Crippen molar-refractivity contribution in [3.63, 3.8) is 0 Å². The van der Waals surface area contributed by atoms with Crippen LogP contribution in [0.1, 0.15) is 20.8 Å². The maximum Gasteiger partial charge on any atom is 0.241 e. The predicted octanol–water partition coefficient (Wildman–Crippen LogP) is 1.34. The molecule has 0 bridgehead atoms. The van der Waals surface area contributed by atoms with Crippen molar-refractivity contribution in [1.29, 1.82) is 0 Å². The lowest BCUT2D eigenvalue weighted by Crippen LogP contribution is -2.18. The first-order valence-corrected chi connectivity index (χ1v) is 6.03. The fourth-order valence-corrected chi connectivity index (χ4v) is 1.53. The van der Waals surface area contributed by atoms with E-state index in [2.05, 4.69) is 51.7 Å². The Morgan fingerprint density at radius 2 is 2.11 bits per heavy atom. The summed E-state index contributed by atoms with van der Waals surface area (Å²) in [5.74, 6) is 7.63. The van der Waals surface area contributed by atoms with E-state index in [1.807, 2.05) is 0 Å². The zero-order chi connectivity index (χ0) is 13.1. The van der Waals surface area contributed by atoms with Gasteiger partial charge in [0.05, 0.1) is 11.6 Å². The number of anilines is 2. The minimum atomic E-state index is 0.367.